The Balaban J connectivity index is 2.34. The van der Waals surface area contributed by atoms with Gasteiger partial charge in [-0.3, -0.25) is 0 Å². The van der Waals surface area contributed by atoms with Gasteiger partial charge in [-0.05, 0) is 0 Å². The summed E-state index contributed by atoms with van der Waals surface area (Å²) in [6, 6.07) is 0. The second kappa shape index (κ2) is 5.87. The molecule has 6 heavy (non-hydrogen) atoms. The Labute approximate surface area is 50.3 Å². The van der Waals surface area contributed by atoms with E-state index in [-0.39, 0.29) is 0 Å². The van der Waals surface area contributed by atoms with Gasteiger partial charge in [0.1, 0.15) is 0 Å². The molecule has 0 aliphatic rings. The third-order valence-corrected chi connectivity index (χ3v) is 1.63. The zero-order valence-corrected chi connectivity index (χ0v) is 5.71. The predicted molar refractivity (Wildman–Crippen MR) is 28.7 cm³/mol. The molecule has 0 aromatic carbocycles. The van der Waals surface area contributed by atoms with E-state index in [4.69, 9.17) is 0 Å². The molecule has 0 aliphatic carbocycles. The van der Waals surface area contributed by atoms with Crippen LogP contribution in [0.3, 0.4) is 0 Å². The van der Waals surface area contributed by atoms with Gasteiger partial charge in [0.2, 0.25) is 0 Å². The molecule has 2 heteroatoms. The van der Waals surface area contributed by atoms with Gasteiger partial charge >= 0.3 is 50.0 Å². The molecule has 0 saturated carbocycles. The van der Waals surface area contributed by atoms with Crippen molar-refractivity contribution in [1.29, 1.82) is 0 Å². The van der Waals surface area contributed by atoms with Crippen molar-refractivity contribution in [1.82, 2.24) is 0 Å². The quantitative estimate of drug-likeness (QED) is 0.359. The van der Waals surface area contributed by atoms with Gasteiger partial charge in [0.05, 0.1) is 0 Å². The van der Waals surface area contributed by atoms with Gasteiger partial charge in [-0.2, -0.15) is 0 Å². The van der Waals surface area contributed by atoms with Crippen LogP contribution in [-0.4, -0.2) is 0 Å². The fourth-order valence-electron chi connectivity index (χ4n) is 0.154. The van der Waals surface area contributed by atoms with Crippen molar-refractivity contribution in [2.45, 2.75) is 25.1 Å². The van der Waals surface area contributed by atoms with Gasteiger partial charge < -0.3 is 0 Å². The van der Waals surface area contributed by atoms with E-state index >= 15 is 0 Å². The average Bonchev–Trinajstić information content (AvgIpc) is 1.61. The van der Waals surface area contributed by atoms with E-state index in [9.17, 15) is 0 Å². The molecule has 43 valence electrons. The third-order valence-electron chi connectivity index (χ3n) is 0.528. The van der Waals surface area contributed by atoms with Gasteiger partial charge in [0, 0.05) is 0 Å². The molecule has 0 spiro atoms. The Kier molecular flexibility index (Phi) is 6.72. The summed E-state index contributed by atoms with van der Waals surface area (Å²) < 4.78 is 0. The van der Waals surface area contributed by atoms with E-state index in [1.54, 1.807) is 13.8 Å². The summed E-state index contributed by atoms with van der Waals surface area (Å²) in [4.78, 5) is 0. The normalized spacial score (nSPS) is 9.67. The minimum absolute atomic E-state index is 1.18. The molecule has 0 radical (unpaired) electrons. The molecular weight excluding hydrogens is 144 g/mol. The standard InChI is InChI=1S/C4H9.Cu.H2S/c1-3-4-2;;/h1,3-4H2,2H3;;1H2/q;+1;/p-1. The number of rotatable bonds is 3. The summed E-state index contributed by atoms with van der Waals surface area (Å²) in [5.41, 5.74) is 0. The van der Waals surface area contributed by atoms with Crippen LogP contribution in [0.5, 0.6) is 0 Å². The van der Waals surface area contributed by atoms with Crippen LogP contribution < -0.4 is 0 Å². The van der Waals surface area contributed by atoms with Gasteiger partial charge in [0.15, 0.2) is 0 Å². The summed E-state index contributed by atoms with van der Waals surface area (Å²) in [6.45, 7) is 2.18. The maximum absolute atomic E-state index is 3.96. The first kappa shape index (κ1) is 6.87. The molecule has 0 heterocycles. The predicted octanol–water partition coefficient (Wildman–Crippen LogP) is 2.13. The van der Waals surface area contributed by atoms with Gasteiger partial charge in [-0.1, -0.05) is 0 Å². The summed E-state index contributed by atoms with van der Waals surface area (Å²) in [5.74, 6) is 0. The Morgan fingerprint density at radius 3 is 2.50 bits per heavy atom. The maximum atomic E-state index is 3.96. The second-order valence-corrected chi connectivity index (χ2v) is 2.65. The van der Waals surface area contributed by atoms with Crippen molar-refractivity contribution in [2.75, 3.05) is 0 Å². The minimum atomic E-state index is 1.18. The van der Waals surface area contributed by atoms with E-state index < -0.39 is 0 Å². The van der Waals surface area contributed by atoms with Gasteiger partial charge in [0.25, 0.3) is 0 Å². The third kappa shape index (κ3) is 4.87. The van der Waals surface area contributed by atoms with E-state index in [0.717, 1.165) is 0 Å². The van der Waals surface area contributed by atoms with E-state index in [1.165, 1.54) is 18.2 Å². The zero-order valence-electron chi connectivity index (χ0n) is 3.87. The molecule has 0 bridgehead atoms. The Morgan fingerprint density at radius 1 is 1.67 bits per heavy atom. The first-order valence-electron chi connectivity index (χ1n) is 2.06. The van der Waals surface area contributed by atoms with E-state index in [2.05, 4.69) is 18.0 Å². The van der Waals surface area contributed by atoms with Crippen LogP contribution in [-0.2, 0) is 13.8 Å². The number of hydrogen-bond acceptors (Lipinski definition) is 1. The molecule has 0 saturated heterocycles. The summed E-state index contributed by atoms with van der Waals surface area (Å²) in [6.07, 6.45) is 2.58. The van der Waals surface area contributed by atoms with Crippen LogP contribution in [0.2, 0.25) is 5.32 Å². The van der Waals surface area contributed by atoms with Crippen molar-refractivity contribution in [2.24, 2.45) is 0 Å². The molecule has 0 nitrogen and oxygen atoms in total. The van der Waals surface area contributed by atoms with Crippen LogP contribution in [0, 0.1) is 0 Å². The Hall–Kier alpha value is 0.869. The van der Waals surface area contributed by atoms with Crippen molar-refractivity contribution in [3.63, 3.8) is 0 Å². The van der Waals surface area contributed by atoms with Gasteiger partial charge in [-0.25, -0.2) is 0 Å². The number of thiol groups is 1. The number of hydrogen-bond donors (Lipinski definition) is 1. The molecule has 0 unspecified atom stereocenters. The van der Waals surface area contributed by atoms with Crippen molar-refractivity contribution in [3.05, 3.63) is 0 Å². The monoisotopic (exact) mass is 153 g/mol. The zero-order chi connectivity index (χ0) is 4.83. The SMILES string of the molecule is CCC[CH2][Cu][SH]. The molecule has 0 aromatic heterocycles. The Morgan fingerprint density at radius 2 is 2.33 bits per heavy atom. The average molecular weight is 154 g/mol. The summed E-state index contributed by atoms with van der Waals surface area (Å²) in [5, 5.41) is 1.18. The molecule has 0 N–H and O–H groups in total. The van der Waals surface area contributed by atoms with Crippen molar-refractivity contribution in [3.8, 4) is 0 Å². The molecule has 0 aliphatic heterocycles. The summed E-state index contributed by atoms with van der Waals surface area (Å²) in [7, 11) is 0. The molecule has 0 amide bonds. The van der Waals surface area contributed by atoms with Crippen molar-refractivity contribution < 1.29 is 13.8 Å². The number of unbranched alkanes of at least 4 members (excludes halogenated alkanes) is 1. The Bertz CT molecular complexity index is 19.5. The van der Waals surface area contributed by atoms with Crippen LogP contribution in [0.1, 0.15) is 19.8 Å². The fourth-order valence-corrected chi connectivity index (χ4v) is 1.03. The van der Waals surface area contributed by atoms with Crippen LogP contribution in [0.15, 0.2) is 0 Å². The van der Waals surface area contributed by atoms with Gasteiger partial charge in [-0.15, -0.1) is 0 Å². The molecule has 0 fully saturated rings. The van der Waals surface area contributed by atoms with E-state index in [1.807, 2.05) is 0 Å². The summed E-state index contributed by atoms with van der Waals surface area (Å²) >= 11 is 5.65. The fraction of sp³-hybridized carbons (Fsp3) is 1.00. The topological polar surface area (TPSA) is 0 Å². The van der Waals surface area contributed by atoms with Crippen LogP contribution in [0.25, 0.3) is 0 Å². The molecule has 0 aromatic rings. The first-order chi connectivity index (χ1) is 2.91. The van der Waals surface area contributed by atoms with Crippen LogP contribution >= 0.6 is 11.0 Å². The van der Waals surface area contributed by atoms with Crippen molar-refractivity contribution >= 4 is 11.0 Å². The molecule has 0 rings (SSSR count). The molecule has 0 atom stereocenters. The first-order valence-corrected chi connectivity index (χ1v) is 4.25. The van der Waals surface area contributed by atoms with E-state index in [0.29, 0.717) is 0 Å². The molecular formula is C4H10CuS. The van der Waals surface area contributed by atoms with Crippen LogP contribution in [0.4, 0.5) is 0 Å². The second-order valence-electron chi connectivity index (χ2n) is 1.10.